The molecule has 40 heavy (non-hydrogen) atoms. The second-order valence-corrected chi connectivity index (χ2v) is 9.37. The maximum absolute atomic E-state index is 13.0. The Labute approximate surface area is 232 Å². The zero-order valence-corrected chi connectivity index (χ0v) is 22.6. The van der Waals surface area contributed by atoms with Crippen LogP contribution in [0.25, 0.3) is 0 Å². The molecule has 15 nitrogen and oxygen atoms in total. The van der Waals surface area contributed by atoms with Gasteiger partial charge < -0.3 is 53.8 Å². The zero-order chi connectivity index (χ0) is 30.4. The van der Waals surface area contributed by atoms with Crippen molar-refractivity contribution in [2.75, 3.05) is 13.1 Å². The minimum atomic E-state index is -1.63. The van der Waals surface area contributed by atoms with E-state index in [1.54, 1.807) is 24.3 Å². The molecule has 0 aliphatic rings. The van der Waals surface area contributed by atoms with E-state index < -0.39 is 72.0 Å². The summed E-state index contributed by atoms with van der Waals surface area (Å²) in [5.41, 5.74) is 17.9. The van der Waals surface area contributed by atoms with Crippen molar-refractivity contribution in [1.82, 2.24) is 21.3 Å². The molecule has 15 heteroatoms. The quantitative estimate of drug-likeness (QED) is 0.0867. The third kappa shape index (κ3) is 11.2. The van der Waals surface area contributed by atoms with Gasteiger partial charge in [0.15, 0.2) is 6.04 Å². The average Bonchev–Trinajstić information content (AvgIpc) is 2.89. The Bertz CT molecular complexity index is 993. The third-order valence-corrected chi connectivity index (χ3v) is 5.92. The van der Waals surface area contributed by atoms with Gasteiger partial charge in [0.05, 0.1) is 18.2 Å². The summed E-state index contributed by atoms with van der Waals surface area (Å²) in [5, 5.41) is 38.3. The summed E-state index contributed by atoms with van der Waals surface area (Å²) in [6.07, 6.45) is -2.76. The standard InChI is InChI=1S/C25H41N7O8/c1-13(33)19(31-21(35)16(28)12-15-6-4-3-5-7-15)24(38)30-17(8-10-26)22(36)29-18(9-11-27)23(37)32-20(14(2)34)25(39)40/h3-7,13-14,16-20,33-34H,8-12,26-28H2,1-2H3,(H,29,36)(H,30,38)(H,31,35)(H,32,37)(H,39,40)/t13-,14-,16+,17+,18+,19+,20+/m1/s1. The maximum Gasteiger partial charge on any atom is 0.328 e. The van der Waals surface area contributed by atoms with Crippen molar-refractivity contribution < 1.29 is 39.3 Å². The lowest BCUT2D eigenvalue weighted by molar-refractivity contribution is -0.145. The molecule has 0 saturated heterocycles. The first kappa shape index (κ1) is 34.4. The largest absolute Gasteiger partial charge is 0.480 e. The van der Waals surface area contributed by atoms with E-state index in [-0.39, 0.29) is 32.4 Å². The molecule has 13 N–H and O–H groups in total. The number of nitrogens with two attached hydrogens (primary N) is 3. The molecule has 224 valence electrons. The van der Waals surface area contributed by atoms with Gasteiger partial charge in [0.25, 0.3) is 0 Å². The molecule has 4 amide bonds. The van der Waals surface area contributed by atoms with E-state index in [0.29, 0.717) is 0 Å². The van der Waals surface area contributed by atoms with Crippen LogP contribution in [0.2, 0.25) is 0 Å². The van der Waals surface area contributed by atoms with Crippen molar-refractivity contribution >= 4 is 29.6 Å². The lowest BCUT2D eigenvalue weighted by Gasteiger charge is -2.27. The highest BCUT2D eigenvalue weighted by molar-refractivity contribution is 5.95. The molecular formula is C25H41N7O8. The van der Waals surface area contributed by atoms with E-state index in [9.17, 15) is 39.3 Å². The number of carbonyl (C=O) groups excluding carboxylic acids is 4. The number of carboxylic acids is 1. The number of rotatable bonds is 17. The monoisotopic (exact) mass is 567 g/mol. The molecule has 1 aromatic rings. The molecule has 0 bridgehead atoms. The Morgan fingerprint density at radius 3 is 1.62 bits per heavy atom. The van der Waals surface area contributed by atoms with Crippen LogP contribution in [-0.2, 0) is 30.4 Å². The van der Waals surface area contributed by atoms with E-state index in [1.807, 2.05) is 6.07 Å². The Balaban J connectivity index is 2.94. The van der Waals surface area contributed by atoms with Crippen LogP contribution in [0.15, 0.2) is 30.3 Å². The second kappa shape index (κ2) is 17.1. The van der Waals surface area contributed by atoms with Gasteiger partial charge in [-0.2, -0.15) is 0 Å². The van der Waals surface area contributed by atoms with E-state index >= 15 is 0 Å². The number of aliphatic carboxylic acids is 1. The molecular weight excluding hydrogens is 526 g/mol. The van der Waals surface area contributed by atoms with Gasteiger partial charge in [-0.05, 0) is 51.8 Å². The molecule has 0 spiro atoms. The van der Waals surface area contributed by atoms with Crippen molar-refractivity contribution in [3.05, 3.63) is 35.9 Å². The number of hydrogen-bond donors (Lipinski definition) is 10. The summed E-state index contributed by atoms with van der Waals surface area (Å²) < 4.78 is 0. The number of amides is 4. The van der Waals surface area contributed by atoms with Crippen molar-refractivity contribution in [3.63, 3.8) is 0 Å². The Morgan fingerprint density at radius 2 is 1.18 bits per heavy atom. The van der Waals surface area contributed by atoms with Gasteiger partial charge in [0.2, 0.25) is 23.6 Å². The average molecular weight is 568 g/mol. The van der Waals surface area contributed by atoms with Gasteiger partial charge in [-0.15, -0.1) is 0 Å². The predicted octanol–water partition coefficient (Wildman–Crippen LogP) is -3.96. The second-order valence-electron chi connectivity index (χ2n) is 9.37. The Morgan fingerprint density at radius 1 is 0.725 bits per heavy atom. The molecule has 1 rings (SSSR count). The number of aliphatic hydroxyl groups is 2. The van der Waals surface area contributed by atoms with Gasteiger partial charge in [0.1, 0.15) is 18.1 Å². The predicted molar refractivity (Wildman–Crippen MR) is 144 cm³/mol. The summed E-state index contributed by atoms with van der Waals surface area (Å²) in [4.78, 5) is 62.6. The fourth-order valence-electron chi connectivity index (χ4n) is 3.67. The smallest absolute Gasteiger partial charge is 0.328 e. The molecule has 0 heterocycles. The maximum atomic E-state index is 13.0. The first-order valence-corrected chi connectivity index (χ1v) is 12.8. The van der Waals surface area contributed by atoms with Crippen molar-refractivity contribution in [1.29, 1.82) is 0 Å². The number of carbonyl (C=O) groups is 5. The van der Waals surface area contributed by atoms with E-state index in [2.05, 4.69) is 21.3 Å². The van der Waals surface area contributed by atoms with Crippen LogP contribution in [-0.4, -0.2) is 100 Å². The third-order valence-electron chi connectivity index (χ3n) is 5.92. The van der Waals surface area contributed by atoms with E-state index in [0.717, 1.165) is 5.56 Å². The number of nitrogens with one attached hydrogen (secondary N) is 4. The fourth-order valence-corrected chi connectivity index (χ4v) is 3.67. The minimum absolute atomic E-state index is 0.0527. The van der Waals surface area contributed by atoms with E-state index in [1.165, 1.54) is 13.8 Å². The van der Waals surface area contributed by atoms with Gasteiger partial charge >= 0.3 is 5.97 Å². The first-order valence-electron chi connectivity index (χ1n) is 12.8. The van der Waals surface area contributed by atoms with Crippen LogP contribution in [0.1, 0.15) is 32.3 Å². The number of carboxylic acid groups (broad SMARTS) is 1. The van der Waals surface area contributed by atoms with Crippen LogP contribution in [0, 0.1) is 0 Å². The molecule has 0 radical (unpaired) electrons. The van der Waals surface area contributed by atoms with Crippen molar-refractivity contribution in [2.45, 2.75) is 75.5 Å². The highest BCUT2D eigenvalue weighted by Gasteiger charge is 2.33. The van der Waals surface area contributed by atoms with E-state index in [4.69, 9.17) is 17.2 Å². The summed E-state index contributed by atoms with van der Waals surface area (Å²) >= 11 is 0. The molecule has 0 aliphatic carbocycles. The molecule has 0 fully saturated rings. The lowest BCUT2D eigenvalue weighted by atomic mass is 10.0. The highest BCUT2D eigenvalue weighted by Crippen LogP contribution is 2.05. The van der Waals surface area contributed by atoms with Crippen LogP contribution >= 0.6 is 0 Å². The fraction of sp³-hybridized carbons (Fsp3) is 0.560. The molecule has 0 aromatic heterocycles. The molecule has 1 aromatic carbocycles. The van der Waals surface area contributed by atoms with Crippen LogP contribution in [0.4, 0.5) is 0 Å². The van der Waals surface area contributed by atoms with Crippen molar-refractivity contribution in [2.24, 2.45) is 17.2 Å². The SMILES string of the molecule is C[C@@H](O)[C@H](NC(=O)[C@H](CCN)NC(=O)[C@H](CCN)NC(=O)[C@@H](NC(=O)[C@@H](N)Cc1ccccc1)[C@@H](C)O)C(=O)O. The number of aliphatic hydroxyl groups excluding tert-OH is 2. The Hall–Kier alpha value is -3.63. The number of hydrogen-bond acceptors (Lipinski definition) is 10. The van der Waals surface area contributed by atoms with Crippen LogP contribution in [0.5, 0.6) is 0 Å². The topological polar surface area (TPSA) is 272 Å². The summed E-state index contributed by atoms with van der Waals surface area (Å²) in [7, 11) is 0. The molecule has 0 unspecified atom stereocenters. The van der Waals surface area contributed by atoms with Gasteiger partial charge in [-0.25, -0.2) is 4.79 Å². The first-order chi connectivity index (χ1) is 18.8. The molecule has 0 saturated carbocycles. The molecule has 0 aliphatic heterocycles. The summed E-state index contributed by atoms with van der Waals surface area (Å²) in [6.45, 7) is 2.34. The highest BCUT2D eigenvalue weighted by atomic mass is 16.4. The van der Waals surface area contributed by atoms with Gasteiger partial charge in [0, 0.05) is 0 Å². The normalized spacial score (nSPS) is 16.3. The Kier molecular flexibility index (Phi) is 14.7. The summed E-state index contributed by atoms with van der Waals surface area (Å²) in [5.74, 6) is -4.83. The molecule has 7 atom stereocenters. The number of benzene rings is 1. The van der Waals surface area contributed by atoms with Crippen LogP contribution < -0.4 is 38.5 Å². The zero-order valence-electron chi connectivity index (χ0n) is 22.6. The minimum Gasteiger partial charge on any atom is -0.480 e. The van der Waals surface area contributed by atoms with Gasteiger partial charge in [-0.3, -0.25) is 19.2 Å². The van der Waals surface area contributed by atoms with Gasteiger partial charge in [-0.1, -0.05) is 30.3 Å². The van der Waals surface area contributed by atoms with Crippen molar-refractivity contribution in [3.8, 4) is 0 Å². The summed E-state index contributed by atoms with van der Waals surface area (Å²) in [6, 6.07) is 2.25. The van der Waals surface area contributed by atoms with Crippen LogP contribution in [0.3, 0.4) is 0 Å². The lowest BCUT2D eigenvalue weighted by Crippen LogP contribution is -2.61.